The predicted octanol–water partition coefficient (Wildman–Crippen LogP) is 1.85. The Labute approximate surface area is 131 Å². The second-order valence-electron chi connectivity index (χ2n) is 4.91. The molecule has 0 bridgehead atoms. The molecular formula is C16H14N4O3. The van der Waals surface area contributed by atoms with Crippen LogP contribution in [0.1, 0.15) is 5.56 Å². The standard InChI is InChI=1S/C16H14N4O3/c1-11-4-2-8-17-16(11)18-14(21)10-20-15(22)7-6-12(19-20)13-5-3-9-23-13/h2-9H,10H2,1H3,(H,17,18,21). The van der Waals surface area contributed by atoms with Gasteiger partial charge in [-0.25, -0.2) is 9.67 Å². The van der Waals surface area contributed by atoms with E-state index < -0.39 is 0 Å². The Morgan fingerprint density at radius 2 is 2.13 bits per heavy atom. The summed E-state index contributed by atoms with van der Waals surface area (Å²) in [7, 11) is 0. The van der Waals surface area contributed by atoms with Crippen LogP contribution in [-0.2, 0) is 11.3 Å². The molecule has 1 amide bonds. The van der Waals surface area contributed by atoms with Crippen molar-refractivity contribution in [3.63, 3.8) is 0 Å². The van der Waals surface area contributed by atoms with E-state index in [1.54, 1.807) is 30.5 Å². The maximum atomic E-state index is 12.1. The molecule has 3 rings (SSSR count). The predicted molar refractivity (Wildman–Crippen MR) is 83.8 cm³/mol. The maximum absolute atomic E-state index is 12.1. The third-order valence-electron chi connectivity index (χ3n) is 3.20. The van der Waals surface area contributed by atoms with E-state index in [-0.39, 0.29) is 18.0 Å². The monoisotopic (exact) mass is 310 g/mol. The average Bonchev–Trinajstić information content (AvgIpc) is 3.06. The zero-order chi connectivity index (χ0) is 16.2. The maximum Gasteiger partial charge on any atom is 0.267 e. The number of aromatic nitrogens is 3. The first-order valence-electron chi connectivity index (χ1n) is 6.97. The van der Waals surface area contributed by atoms with Crippen LogP contribution in [0.25, 0.3) is 11.5 Å². The Balaban J connectivity index is 1.80. The van der Waals surface area contributed by atoms with Crippen molar-refractivity contribution in [1.29, 1.82) is 0 Å². The smallest absolute Gasteiger partial charge is 0.267 e. The van der Waals surface area contributed by atoms with Crippen LogP contribution in [-0.4, -0.2) is 20.7 Å². The second-order valence-corrected chi connectivity index (χ2v) is 4.91. The van der Waals surface area contributed by atoms with Gasteiger partial charge in [0.2, 0.25) is 5.91 Å². The van der Waals surface area contributed by atoms with E-state index in [1.165, 1.54) is 12.3 Å². The van der Waals surface area contributed by atoms with Crippen LogP contribution in [0, 0.1) is 6.92 Å². The average molecular weight is 310 g/mol. The molecule has 0 aliphatic carbocycles. The van der Waals surface area contributed by atoms with Gasteiger partial charge in [0, 0.05) is 12.3 Å². The lowest BCUT2D eigenvalue weighted by Gasteiger charge is -2.08. The molecule has 0 spiro atoms. The van der Waals surface area contributed by atoms with Crippen molar-refractivity contribution in [2.24, 2.45) is 0 Å². The molecule has 0 saturated carbocycles. The van der Waals surface area contributed by atoms with Gasteiger partial charge in [0.15, 0.2) is 5.76 Å². The molecule has 0 unspecified atom stereocenters. The van der Waals surface area contributed by atoms with E-state index in [9.17, 15) is 9.59 Å². The highest BCUT2D eigenvalue weighted by atomic mass is 16.3. The molecule has 0 aliphatic heterocycles. The quantitative estimate of drug-likeness (QED) is 0.794. The van der Waals surface area contributed by atoms with E-state index in [0.29, 0.717) is 17.3 Å². The minimum atomic E-state index is -0.377. The van der Waals surface area contributed by atoms with Crippen molar-refractivity contribution >= 4 is 11.7 Å². The number of pyridine rings is 1. The highest BCUT2D eigenvalue weighted by Crippen LogP contribution is 2.15. The Morgan fingerprint density at radius 3 is 2.87 bits per heavy atom. The van der Waals surface area contributed by atoms with Gasteiger partial charge in [-0.05, 0) is 36.8 Å². The Hall–Kier alpha value is -3.22. The summed E-state index contributed by atoms with van der Waals surface area (Å²) >= 11 is 0. The summed E-state index contributed by atoms with van der Waals surface area (Å²) in [5.41, 5.74) is 0.954. The molecule has 7 nitrogen and oxygen atoms in total. The van der Waals surface area contributed by atoms with Crippen molar-refractivity contribution in [2.45, 2.75) is 13.5 Å². The van der Waals surface area contributed by atoms with Crippen LogP contribution in [0.3, 0.4) is 0 Å². The minimum absolute atomic E-state index is 0.205. The summed E-state index contributed by atoms with van der Waals surface area (Å²) in [5.74, 6) is 0.616. The van der Waals surface area contributed by atoms with Gasteiger partial charge in [0.25, 0.3) is 5.56 Å². The molecule has 1 N–H and O–H groups in total. The minimum Gasteiger partial charge on any atom is -0.463 e. The number of carbonyl (C=O) groups is 1. The third-order valence-corrected chi connectivity index (χ3v) is 3.20. The molecule has 23 heavy (non-hydrogen) atoms. The summed E-state index contributed by atoms with van der Waals surface area (Å²) in [6, 6.07) is 9.98. The number of anilines is 1. The molecule has 3 aromatic heterocycles. The van der Waals surface area contributed by atoms with Gasteiger partial charge >= 0.3 is 0 Å². The van der Waals surface area contributed by atoms with Gasteiger partial charge in [-0.15, -0.1) is 0 Å². The van der Waals surface area contributed by atoms with E-state index in [4.69, 9.17) is 4.42 Å². The number of hydrogen-bond donors (Lipinski definition) is 1. The number of nitrogens with zero attached hydrogens (tertiary/aromatic N) is 3. The van der Waals surface area contributed by atoms with Crippen molar-refractivity contribution in [3.8, 4) is 11.5 Å². The van der Waals surface area contributed by atoms with Crippen LogP contribution < -0.4 is 10.9 Å². The molecule has 116 valence electrons. The van der Waals surface area contributed by atoms with Crippen molar-refractivity contribution in [1.82, 2.24) is 14.8 Å². The van der Waals surface area contributed by atoms with Crippen LogP contribution in [0.4, 0.5) is 5.82 Å². The highest BCUT2D eigenvalue weighted by Gasteiger charge is 2.10. The first-order chi connectivity index (χ1) is 11.1. The molecule has 0 aliphatic rings. The molecule has 0 radical (unpaired) electrons. The van der Waals surface area contributed by atoms with Crippen molar-refractivity contribution in [2.75, 3.05) is 5.32 Å². The molecule has 0 saturated heterocycles. The summed E-state index contributed by atoms with van der Waals surface area (Å²) in [6.45, 7) is 1.63. The highest BCUT2D eigenvalue weighted by molar-refractivity contribution is 5.90. The Morgan fingerprint density at radius 1 is 1.26 bits per heavy atom. The number of nitrogens with one attached hydrogen (secondary N) is 1. The van der Waals surface area contributed by atoms with Gasteiger partial charge in [-0.2, -0.15) is 5.10 Å². The number of furan rings is 1. The third kappa shape index (κ3) is 3.34. The van der Waals surface area contributed by atoms with Crippen LogP contribution in [0.5, 0.6) is 0 Å². The van der Waals surface area contributed by atoms with Crippen LogP contribution in [0.15, 0.2) is 58.1 Å². The first-order valence-corrected chi connectivity index (χ1v) is 6.97. The van der Waals surface area contributed by atoms with E-state index in [0.717, 1.165) is 10.2 Å². The Kier molecular flexibility index (Phi) is 4.01. The topological polar surface area (TPSA) is 90.0 Å². The van der Waals surface area contributed by atoms with E-state index in [2.05, 4.69) is 15.4 Å². The van der Waals surface area contributed by atoms with E-state index in [1.807, 2.05) is 13.0 Å². The number of rotatable bonds is 4. The summed E-state index contributed by atoms with van der Waals surface area (Å²) in [4.78, 5) is 28.1. The fourth-order valence-corrected chi connectivity index (χ4v) is 2.04. The summed E-state index contributed by atoms with van der Waals surface area (Å²) in [6.07, 6.45) is 3.10. The lowest BCUT2D eigenvalue weighted by atomic mass is 10.3. The summed E-state index contributed by atoms with van der Waals surface area (Å²) in [5, 5.41) is 6.81. The van der Waals surface area contributed by atoms with E-state index >= 15 is 0 Å². The molecule has 7 heteroatoms. The fourth-order valence-electron chi connectivity index (χ4n) is 2.04. The molecule has 0 aromatic carbocycles. The van der Waals surface area contributed by atoms with Crippen molar-refractivity contribution < 1.29 is 9.21 Å². The van der Waals surface area contributed by atoms with Crippen LogP contribution in [0.2, 0.25) is 0 Å². The van der Waals surface area contributed by atoms with Crippen molar-refractivity contribution in [3.05, 3.63) is 64.8 Å². The number of aryl methyl sites for hydroxylation is 1. The van der Waals surface area contributed by atoms with Gasteiger partial charge in [-0.1, -0.05) is 6.07 Å². The fraction of sp³-hybridized carbons (Fsp3) is 0.125. The molecule has 3 aromatic rings. The normalized spacial score (nSPS) is 10.5. The SMILES string of the molecule is Cc1cccnc1NC(=O)Cn1nc(-c2ccco2)ccc1=O. The number of amides is 1. The molecular weight excluding hydrogens is 296 g/mol. The van der Waals surface area contributed by atoms with Gasteiger partial charge in [-0.3, -0.25) is 9.59 Å². The lowest BCUT2D eigenvalue weighted by Crippen LogP contribution is -2.29. The summed E-state index contributed by atoms with van der Waals surface area (Å²) < 4.78 is 6.33. The first kappa shape index (κ1) is 14.7. The zero-order valence-corrected chi connectivity index (χ0v) is 12.4. The molecule has 0 atom stereocenters. The molecule has 0 fully saturated rings. The van der Waals surface area contributed by atoms with Gasteiger partial charge in [0.1, 0.15) is 18.1 Å². The Bertz CT molecular complexity index is 884. The largest absolute Gasteiger partial charge is 0.463 e. The zero-order valence-electron chi connectivity index (χ0n) is 12.4. The van der Waals surface area contributed by atoms with Gasteiger partial charge < -0.3 is 9.73 Å². The number of hydrogen-bond acceptors (Lipinski definition) is 5. The second kappa shape index (κ2) is 6.27. The molecule has 3 heterocycles. The van der Waals surface area contributed by atoms with Gasteiger partial charge in [0.05, 0.1) is 6.26 Å². The number of carbonyl (C=O) groups excluding carboxylic acids is 1. The van der Waals surface area contributed by atoms with Crippen LogP contribution >= 0.6 is 0 Å². The lowest BCUT2D eigenvalue weighted by molar-refractivity contribution is -0.117.